The van der Waals surface area contributed by atoms with Gasteiger partial charge in [-0.3, -0.25) is 4.79 Å². The highest BCUT2D eigenvalue weighted by atomic mass is 16.4. The molecule has 0 spiro atoms. The van der Waals surface area contributed by atoms with Gasteiger partial charge in [0, 0.05) is 18.4 Å². The number of aliphatic hydroxyl groups is 2. The van der Waals surface area contributed by atoms with Gasteiger partial charge in [-0.05, 0) is 31.6 Å². The summed E-state index contributed by atoms with van der Waals surface area (Å²) >= 11 is 0. The highest BCUT2D eigenvalue weighted by Gasteiger charge is 2.39. The highest BCUT2D eigenvalue weighted by molar-refractivity contribution is 5.86. The van der Waals surface area contributed by atoms with E-state index in [9.17, 15) is 19.8 Å². The Kier molecular flexibility index (Phi) is 10.3. The lowest BCUT2D eigenvalue weighted by molar-refractivity contribution is -0.131. The Balaban J connectivity index is 2.44. The maximum atomic E-state index is 12.1. The van der Waals surface area contributed by atoms with Crippen LogP contribution in [0.1, 0.15) is 64.7 Å². The number of unbranched alkanes of at least 4 members (excludes halogenated alkanes) is 4. The second-order valence-electron chi connectivity index (χ2n) is 6.90. The van der Waals surface area contributed by atoms with E-state index in [0.717, 1.165) is 44.6 Å². The number of hydrogen-bond acceptors (Lipinski definition) is 4. The number of carbonyl (C=O) groups excluding carboxylic acids is 1. The Labute approximate surface area is 150 Å². The second kappa shape index (κ2) is 12.0. The maximum Gasteiger partial charge on any atom is 0.327 e. The van der Waals surface area contributed by atoms with Gasteiger partial charge < -0.3 is 15.3 Å². The topological polar surface area (TPSA) is 94.8 Å². The molecule has 0 unspecified atom stereocenters. The minimum absolute atomic E-state index is 0.0419. The minimum atomic E-state index is -0.945. The number of rotatable bonds is 12. The Morgan fingerprint density at radius 3 is 2.72 bits per heavy atom. The van der Waals surface area contributed by atoms with Crippen molar-refractivity contribution in [2.24, 2.45) is 11.8 Å². The van der Waals surface area contributed by atoms with Gasteiger partial charge in [-0.25, -0.2) is 4.79 Å². The number of aliphatic hydroxyl groups excluding tert-OH is 2. The first-order chi connectivity index (χ1) is 12.0. The lowest BCUT2D eigenvalue weighted by Gasteiger charge is -2.18. The molecule has 0 aromatic heterocycles. The van der Waals surface area contributed by atoms with Crippen LogP contribution in [0.5, 0.6) is 0 Å². The molecule has 142 valence electrons. The van der Waals surface area contributed by atoms with Crippen molar-refractivity contribution >= 4 is 11.8 Å². The third-order valence-corrected chi connectivity index (χ3v) is 4.80. The van der Waals surface area contributed by atoms with Gasteiger partial charge in [0.25, 0.3) is 0 Å². The smallest absolute Gasteiger partial charge is 0.327 e. The summed E-state index contributed by atoms with van der Waals surface area (Å²) in [6.07, 6.45) is 12.2. The van der Waals surface area contributed by atoms with Crippen LogP contribution in [-0.4, -0.2) is 39.3 Å². The average Bonchev–Trinajstić information content (AvgIpc) is 2.82. The van der Waals surface area contributed by atoms with E-state index in [4.69, 9.17) is 5.11 Å². The molecular formula is C20H32O5. The summed E-state index contributed by atoms with van der Waals surface area (Å²) in [4.78, 5) is 22.5. The summed E-state index contributed by atoms with van der Waals surface area (Å²) in [5, 5.41) is 28.6. The number of carboxylic acids is 1. The molecule has 0 saturated heterocycles. The standard InChI is InChI=1S/C20H32O5/c1-2-3-6-9-15(21)12-13-17-16(18(22)14-19(17)23)10-7-4-5-8-11-20(24)25/h8,11-13,15-18,21-22H,2-7,9-10,14H2,1H3,(H,24,25)/b11-8+,13-12+/t15-,16+,17+,18-/m0/s1. The van der Waals surface area contributed by atoms with Gasteiger partial charge in [0.1, 0.15) is 5.78 Å². The molecule has 1 fully saturated rings. The van der Waals surface area contributed by atoms with E-state index >= 15 is 0 Å². The highest BCUT2D eigenvalue weighted by Crippen LogP contribution is 2.34. The van der Waals surface area contributed by atoms with Gasteiger partial charge >= 0.3 is 5.97 Å². The van der Waals surface area contributed by atoms with Gasteiger partial charge in [-0.1, -0.05) is 50.8 Å². The van der Waals surface area contributed by atoms with Crippen molar-refractivity contribution in [2.45, 2.75) is 76.9 Å². The SMILES string of the molecule is CCCCC[C@H](O)/C=C/[C@H]1C(=O)C[C@H](O)[C@@H]1CCCC/C=C/C(=O)O. The molecule has 3 N–H and O–H groups in total. The fraction of sp³-hybridized carbons (Fsp3) is 0.700. The predicted octanol–water partition coefficient (Wildman–Crippen LogP) is 3.25. The first-order valence-electron chi connectivity index (χ1n) is 9.42. The second-order valence-corrected chi connectivity index (χ2v) is 6.90. The number of ketones is 1. The lowest BCUT2D eigenvalue weighted by Crippen LogP contribution is -2.19. The van der Waals surface area contributed by atoms with Crippen LogP contribution in [0.25, 0.3) is 0 Å². The van der Waals surface area contributed by atoms with Crippen LogP contribution < -0.4 is 0 Å². The molecule has 5 heteroatoms. The summed E-state index contributed by atoms with van der Waals surface area (Å²) in [5.74, 6) is -1.32. The Morgan fingerprint density at radius 2 is 2.04 bits per heavy atom. The van der Waals surface area contributed by atoms with E-state index in [2.05, 4.69) is 6.92 Å². The van der Waals surface area contributed by atoms with Crippen LogP contribution >= 0.6 is 0 Å². The van der Waals surface area contributed by atoms with Crippen molar-refractivity contribution < 1.29 is 24.9 Å². The fourth-order valence-electron chi connectivity index (χ4n) is 3.37. The molecule has 1 aliphatic carbocycles. The third kappa shape index (κ3) is 8.45. The molecule has 1 aliphatic rings. The zero-order valence-corrected chi connectivity index (χ0v) is 15.1. The third-order valence-electron chi connectivity index (χ3n) is 4.80. The van der Waals surface area contributed by atoms with E-state index in [0.29, 0.717) is 12.8 Å². The molecule has 1 saturated carbocycles. The number of Topliss-reactive ketones (excluding diaryl/α,β-unsaturated/α-hetero) is 1. The van der Waals surface area contributed by atoms with Crippen molar-refractivity contribution in [1.29, 1.82) is 0 Å². The van der Waals surface area contributed by atoms with Gasteiger partial charge in [-0.2, -0.15) is 0 Å². The quantitative estimate of drug-likeness (QED) is 0.285. The largest absolute Gasteiger partial charge is 0.478 e. The van der Waals surface area contributed by atoms with Crippen LogP contribution in [0.4, 0.5) is 0 Å². The molecule has 0 aromatic carbocycles. The van der Waals surface area contributed by atoms with E-state index in [1.165, 1.54) is 0 Å². The maximum absolute atomic E-state index is 12.1. The zero-order valence-electron chi connectivity index (χ0n) is 15.1. The summed E-state index contributed by atoms with van der Waals surface area (Å²) < 4.78 is 0. The van der Waals surface area contributed by atoms with Gasteiger partial charge in [-0.15, -0.1) is 0 Å². The van der Waals surface area contributed by atoms with E-state index in [-0.39, 0.29) is 24.0 Å². The molecule has 4 atom stereocenters. The summed E-state index contributed by atoms with van der Waals surface area (Å²) in [5.41, 5.74) is 0. The van der Waals surface area contributed by atoms with Crippen molar-refractivity contribution in [3.8, 4) is 0 Å². The van der Waals surface area contributed by atoms with Gasteiger partial charge in [0.05, 0.1) is 12.2 Å². The fourth-order valence-corrected chi connectivity index (χ4v) is 3.37. The van der Waals surface area contributed by atoms with Crippen LogP contribution in [0.3, 0.4) is 0 Å². The van der Waals surface area contributed by atoms with Crippen LogP contribution in [0.2, 0.25) is 0 Å². The van der Waals surface area contributed by atoms with Crippen molar-refractivity contribution in [1.82, 2.24) is 0 Å². The molecule has 0 heterocycles. The molecule has 5 nitrogen and oxygen atoms in total. The lowest BCUT2D eigenvalue weighted by atomic mass is 9.88. The zero-order chi connectivity index (χ0) is 18.7. The normalized spacial score (nSPS) is 25.2. The average molecular weight is 352 g/mol. The van der Waals surface area contributed by atoms with E-state index < -0.39 is 18.2 Å². The summed E-state index contributed by atoms with van der Waals surface area (Å²) in [6, 6.07) is 0. The predicted molar refractivity (Wildman–Crippen MR) is 97.1 cm³/mol. The van der Waals surface area contributed by atoms with Crippen molar-refractivity contribution in [2.75, 3.05) is 0 Å². The first kappa shape index (κ1) is 21.6. The summed E-state index contributed by atoms with van der Waals surface area (Å²) in [7, 11) is 0. The van der Waals surface area contributed by atoms with Crippen LogP contribution in [0.15, 0.2) is 24.3 Å². The van der Waals surface area contributed by atoms with Crippen molar-refractivity contribution in [3.63, 3.8) is 0 Å². The number of carbonyl (C=O) groups is 2. The van der Waals surface area contributed by atoms with E-state index in [1.54, 1.807) is 18.2 Å². The number of carboxylic acid groups (broad SMARTS) is 1. The van der Waals surface area contributed by atoms with Gasteiger partial charge in [0.15, 0.2) is 0 Å². The molecule has 0 bridgehead atoms. The number of hydrogen-bond donors (Lipinski definition) is 3. The molecular weight excluding hydrogens is 320 g/mol. The molecule has 1 rings (SSSR count). The van der Waals surface area contributed by atoms with Gasteiger partial charge in [0.2, 0.25) is 0 Å². The monoisotopic (exact) mass is 352 g/mol. The Hall–Kier alpha value is -1.46. The molecule has 25 heavy (non-hydrogen) atoms. The first-order valence-corrected chi connectivity index (χ1v) is 9.42. The summed E-state index contributed by atoms with van der Waals surface area (Å²) in [6.45, 7) is 2.11. The molecule has 0 amide bonds. The van der Waals surface area contributed by atoms with Crippen LogP contribution in [0, 0.1) is 11.8 Å². The number of allylic oxidation sites excluding steroid dienone is 2. The van der Waals surface area contributed by atoms with Crippen molar-refractivity contribution in [3.05, 3.63) is 24.3 Å². The minimum Gasteiger partial charge on any atom is -0.478 e. The van der Waals surface area contributed by atoms with E-state index in [1.807, 2.05) is 0 Å². The molecule has 0 aromatic rings. The van der Waals surface area contributed by atoms with Crippen LogP contribution in [-0.2, 0) is 9.59 Å². The Bertz CT molecular complexity index is 469. The number of aliphatic carboxylic acids is 1. The molecule has 0 radical (unpaired) electrons. The molecule has 0 aliphatic heterocycles. The Morgan fingerprint density at radius 1 is 1.28 bits per heavy atom.